The summed E-state index contributed by atoms with van der Waals surface area (Å²) >= 11 is 1.50. The van der Waals surface area contributed by atoms with E-state index in [1.807, 2.05) is 25.1 Å². The molecule has 0 aliphatic heterocycles. The molecule has 0 heterocycles. The van der Waals surface area contributed by atoms with Gasteiger partial charge < -0.3 is 10.8 Å². The number of carbonyl (C=O) groups is 1. The molecule has 2 aromatic rings. The number of rotatable bonds is 4. The average Bonchev–Trinajstić information content (AvgIpc) is 2.40. The summed E-state index contributed by atoms with van der Waals surface area (Å²) < 4.78 is 13.6. The molecule has 0 bridgehead atoms. The molecule has 0 fully saturated rings. The van der Waals surface area contributed by atoms with Gasteiger partial charge in [0.25, 0.3) is 0 Å². The first-order valence-corrected chi connectivity index (χ1v) is 6.97. The average molecular weight is 291 g/mol. The number of thioether (sulfide) groups is 1. The number of hydrogen-bond acceptors (Lipinski definition) is 3. The van der Waals surface area contributed by atoms with Crippen LogP contribution in [0.2, 0.25) is 0 Å². The number of carboxylic acids is 1. The van der Waals surface area contributed by atoms with Gasteiger partial charge in [0, 0.05) is 16.3 Å². The smallest absolute Gasteiger partial charge is 0.338 e. The van der Waals surface area contributed by atoms with Crippen LogP contribution in [0, 0.1) is 12.7 Å². The van der Waals surface area contributed by atoms with E-state index in [9.17, 15) is 9.18 Å². The lowest BCUT2D eigenvalue weighted by molar-refractivity contribution is 0.0692. The highest BCUT2D eigenvalue weighted by atomic mass is 32.2. The number of hydrogen-bond donors (Lipinski definition) is 2. The third kappa shape index (κ3) is 3.11. The Morgan fingerprint density at radius 2 is 2.10 bits per heavy atom. The first kappa shape index (κ1) is 14.4. The standard InChI is InChI=1S/C15H14FNO2S/c1-9-3-2-4-13(14(9)17)20-8-10-5-6-11(15(18)19)12(16)7-10/h2-7H,8,17H2,1H3,(H,18,19). The van der Waals surface area contributed by atoms with E-state index < -0.39 is 11.8 Å². The Labute approximate surface area is 120 Å². The topological polar surface area (TPSA) is 63.3 Å². The van der Waals surface area contributed by atoms with Crippen LogP contribution in [0.5, 0.6) is 0 Å². The lowest BCUT2D eigenvalue weighted by Crippen LogP contribution is -2.00. The van der Waals surface area contributed by atoms with Crippen molar-refractivity contribution >= 4 is 23.4 Å². The van der Waals surface area contributed by atoms with Crippen LogP contribution in [0.25, 0.3) is 0 Å². The number of aromatic carboxylic acids is 1. The van der Waals surface area contributed by atoms with Crippen LogP contribution >= 0.6 is 11.8 Å². The van der Waals surface area contributed by atoms with Gasteiger partial charge in [-0.2, -0.15) is 0 Å². The van der Waals surface area contributed by atoms with Crippen molar-refractivity contribution in [1.29, 1.82) is 0 Å². The lowest BCUT2D eigenvalue weighted by Gasteiger charge is -2.08. The fourth-order valence-corrected chi connectivity index (χ4v) is 2.76. The van der Waals surface area contributed by atoms with E-state index in [1.54, 1.807) is 6.07 Å². The maximum absolute atomic E-state index is 13.6. The molecule has 2 rings (SSSR count). The molecule has 5 heteroatoms. The molecule has 0 saturated heterocycles. The van der Waals surface area contributed by atoms with Gasteiger partial charge in [0.15, 0.2) is 0 Å². The van der Waals surface area contributed by atoms with Crippen LogP contribution < -0.4 is 5.73 Å². The molecule has 2 aromatic carbocycles. The van der Waals surface area contributed by atoms with Crippen molar-refractivity contribution in [3.05, 3.63) is 58.9 Å². The van der Waals surface area contributed by atoms with Crippen molar-refractivity contribution in [3.8, 4) is 0 Å². The lowest BCUT2D eigenvalue weighted by atomic mass is 10.1. The molecule has 20 heavy (non-hydrogen) atoms. The van der Waals surface area contributed by atoms with Gasteiger partial charge in [-0.05, 0) is 36.2 Å². The van der Waals surface area contributed by atoms with Crippen LogP contribution in [-0.2, 0) is 5.75 Å². The first-order valence-electron chi connectivity index (χ1n) is 5.98. The zero-order chi connectivity index (χ0) is 14.7. The van der Waals surface area contributed by atoms with Gasteiger partial charge in [0.2, 0.25) is 0 Å². The molecule has 0 unspecified atom stereocenters. The number of halogens is 1. The predicted molar refractivity (Wildman–Crippen MR) is 78.5 cm³/mol. The number of carboxylic acid groups (broad SMARTS) is 1. The van der Waals surface area contributed by atoms with Crippen molar-refractivity contribution in [2.75, 3.05) is 5.73 Å². The molecule has 0 saturated carbocycles. The van der Waals surface area contributed by atoms with Gasteiger partial charge in [0.1, 0.15) is 5.82 Å². The molecular formula is C15H14FNO2S. The third-order valence-corrected chi connectivity index (χ3v) is 4.09. The van der Waals surface area contributed by atoms with Gasteiger partial charge in [-0.15, -0.1) is 11.8 Å². The Balaban J connectivity index is 2.13. The molecule has 104 valence electrons. The molecule has 0 amide bonds. The predicted octanol–water partition coefficient (Wildman–Crippen LogP) is 3.71. The summed E-state index contributed by atoms with van der Waals surface area (Å²) in [6, 6.07) is 9.92. The molecule has 0 atom stereocenters. The van der Waals surface area contributed by atoms with E-state index >= 15 is 0 Å². The van der Waals surface area contributed by atoms with Crippen LogP contribution in [-0.4, -0.2) is 11.1 Å². The molecule has 0 aliphatic carbocycles. The number of anilines is 1. The summed E-state index contributed by atoms with van der Waals surface area (Å²) in [6.45, 7) is 1.93. The molecule has 0 radical (unpaired) electrons. The number of aryl methyl sites for hydroxylation is 1. The summed E-state index contributed by atoms with van der Waals surface area (Å²) in [5.41, 5.74) is 8.10. The summed E-state index contributed by atoms with van der Waals surface area (Å²) in [5.74, 6) is -1.44. The van der Waals surface area contributed by atoms with Crippen molar-refractivity contribution < 1.29 is 14.3 Å². The van der Waals surface area contributed by atoms with E-state index in [4.69, 9.17) is 10.8 Å². The van der Waals surface area contributed by atoms with Gasteiger partial charge >= 0.3 is 5.97 Å². The minimum absolute atomic E-state index is 0.311. The van der Waals surface area contributed by atoms with E-state index in [0.29, 0.717) is 5.75 Å². The Bertz CT molecular complexity index is 658. The van der Waals surface area contributed by atoms with E-state index in [1.165, 1.54) is 23.9 Å². The highest BCUT2D eigenvalue weighted by Crippen LogP contribution is 2.30. The molecular weight excluding hydrogens is 277 g/mol. The summed E-state index contributed by atoms with van der Waals surface area (Å²) in [7, 11) is 0. The molecule has 3 nitrogen and oxygen atoms in total. The quantitative estimate of drug-likeness (QED) is 0.666. The van der Waals surface area contributed by atoms with Crippen LogP contribution in [0.1, 0.15) is 21.5 Å². The number of nitrogens with two attached hydrogens (primary N) is 1. The summed E-state index contributed by atoms with van der Waals surface area (Å²) in [4.78, 5) is 11.7. The minimum Gasteiger partial charge on any atom is -0.478 e. The van der Waals surface area contributed by atoms with Crippen LogP contribution in [0.15, 0.2) is 41.3 Å². The second kappa shape index (κ2) is 5.96. The Morgan fingerprint density at radius 1 is 1.35 bits per heavy atom. The monoisotopic (exact) mass is 291 g/mol. The second-order valence-electron chi connectivity index (χ2n) is 4.39. The summed E-state index contributed by atoms with van der Waals surface area (Å²) in [6.07, 6.45) is 0. The third-order valence-electron chi connectivity index (χ3n) is 2.94. The molecule has 0 spiro atoms. The van der Waals surface area contributed by atoms with Crippen molar-refractivity contribution in [2.45, 2.75) is 17.6 Å². The fraction of sp³-hybridized carbons (Fsp3) is 0.133. The summed E-state index contributed by atoms with van der Waals surface area (Å²) in [5, 5.41) is 8.77. The Morgan fingerprint density at radius 3 is 2.75 bits per heavy atom. The van der Waals surface area contributed by atoms with Crippen LogP contribution in [0.3, 0.4) is 0 Å². The Hall–Kier alpha value is -2.01. The fourth-order valence-electron chi connectivity index (χ4n) is 1.76. The SMILES string of the molecule is Cc1cccc(SCc2ccc(C(=O)O)c(F)c2)c1N. The number of benzene rings is 2. The van der Waals surface area contributed by atoms with Crippen molar-refractivity contribution in [3.63, 3.8) is 0 Å². The number of nitrogen functional groups attached to an aromatic ring is 1. The van der Waals surface area contributed by atoms with Crippen molar-refractivity contribution in [2.24, 2.45) is 0 Å². The van der Waals surface area contributed by atoms with E-state index in [-0.39, 0.29) is 5.56 Å². The molecule has 0 aromatic heterocycles. The maximum Gasteiger partial charge on any atom is 0.338 e. The Kier molecular flexibility index (Phi) is 4.29. The molecule has 3 N–H and O–H groups in total. The van der Waals surface area contributed by atoms with E-state index in [0.717, 1.165) is 21.7 Å². The maximum atomic E-state index is 13.6. The van der Waals surface area contributed by atoms with E-state index in [2.05, 4.69) is 0 Å². The second-order valence-corrected chi connectivity index (χ2v) is 5.41. The largest absolute Gasteiger partial charge is 0.478 e. The van der Waals surface area contributed by atoms with Gasteiger partial charge in [-0.3, -0.25) is 0 Å². The number of para-hydroxylation sites is 1. The van der Waals surface area contributed by atoms with Gasteiger partial charge in [-0.1, -0.05) is 18.2 Å². The highest BCUT2D eigenvalue weighted by Gasteiger charge is 2.11. The van der Waals surface area contributed by atoms with Crippen LogP contribution in [0.4, 0.5) is 10.1 Å². The normalized spacial score (nSPS) is 10.5. The minimum atomic E-state index is -1.26. The zero-order valence-electron chi connectivity index (χ0n) is 10.9. The molecule has 0 aliphatic rings. The van der Waals surface area contributed by atoms with Crippen molar-refractivity contribution in [1.82, 2.24) is 0 Å². The zero-order valence-corrected chi connectivity index (χ0v) is 11.7. The van der Waals surface area contributed by atoms with Gasteiger partial charge in [0.05, 0.1) is 5.56 Å². The first-order chi connectivity index (χ1) is 9.49. The highest BCUT2D eigenvalue weighted by molar-refractivity contribution is 7.98. The van der Waals surface area contributed by atoms with Gasteiger partial charge in [-0.25, -0.2) is 9.18 Å².